The Morgan fingerprint density at radius 1 is 1.25 bits per heavy atom. The van der Waals surface area contributed by atoms with Crippen molar-refractivity contribution in [2.24, 2.45) is 11.8 Å². The molecule has 5 nitrogen and oxygen atoms in total. The van der Waals surface area contributed by atoms with E-state index in [2.05, 4.69) is 5.32 Å². The fraction of sp³-hybridized carbons (Fsp3) is 0.867. The van der Waals surface area contributed by atoms with Gasteiger partial charge in [0.1, 0.15) is 6.61 Å². The zero-order valence-electron chi connectivity index (χ0n) is 12.6. The van der Waals surface area contributed by atoms with E-state index in [1.54, 1.807) is 0 Å². The molecule has 1 aliphatic carbocycles. The summed E-state index contributed by atoms with van der Waals surface area (Å²) in [6, 6.07) is 0. The Hall–Kier alpha value is -1.10. The van der Waals surface area contributed by atoms with Crippen molar-refractivity contribution < 1.29 is 19.4 Å². The van der Waals surface area contributed by atoms with Gasteiger partial charge in [-0.3, -0.25) is 9.59 Å². The normalized spacial score (nSPS) is 17.9. The van der Waals surface area contributed by atoms with Crippen LogP contribution in [0.2, 0.25) is 0 Å². The first-order chi connectivity index (χ1) is 9.49. The number of carbonyl (C=O) groups is 2. The summed E-state index contributed by atoms with van der Waals surface area (Å²) in [4.78, 5) is 22.7. The van der Waals surface area contributed by atoms with Crippen LogP contribution in [0.5, 0.6) is 0 Å². The van der Waals surface area contributed by atoms with E-state index in [1.165, 1.54) is 19.3 Å². The van der Waals surface area contributed by atoms with Crippen LogP contribution in [0.4, 0.5) is 0 Å². The van der Waals surface area contributed by atoms with E-state index in [4.69, 9.17) is 9.84 Å². The second-order valence-electron chi connectivity index (χ2n) is 6.04. The summed E-state index contributed by atoms with van der Waals surface area (Å²) < 4.78 is 5.56. The minimum atomic E-state index is -0.854. The molecule has 0 unspecified atom stereocenters. The number of hydrogen-bond acceptors (Lipinski definition) is 3. The molecule has 0 heterocycles. The van der Waals surface area contributed by atoms with Crippen LogP contribution in [0.1, 0.15) is 52.4 Å². The summed E-state index contributed by atoms with van der Waals surface area (Å²) >= 11 is 0. The lowest BCUT2D eigenvalue weighted by Gasteiger charge is -2.22. The van der Waals surface area contributed by atoms with E-state index in [0.29, 0.717) is 12.3 Å². The molecule has 0 radical (unpaired) electrons. The summed E-state index contributed by atoms with van der Waals surface area (Å²) in [6.07, 6.45) is 6.40. The Morgan fingerprint density at radius 3 is 2.45 bits per heavy atom. The lowest BCUT2D eigenvalue weighted by molar-refractivity contribution is -0.142. The third kappa shape index (κ3) is 6.89. The Labute approximate surface area is 121 Å². The SMILES string of the molecule is CC(C)C[C@H](CNC(=O)COC1CCCCC1)C(=O)O. The summed E-state index contributed by atoms with van der Waals surface area (Å²) in [5.41, 5.74) is 0. The molecule has 5 heteroatoms. The largest absolute Gasteiger partial charge is 0.481 e. The second kappa shape index (κ2) is 8.95. The van der Waals surface area contributed by atoms with Crippen molar-refractivity contribution in [3.05, 3.63) is 0 Å². The average Bonchev–Trinajstić information content (AvgIpc) is 2.41. The first-order valence-corrected chi connectivity index (χ1v) is 7.60. The predicted molar refractivity (Wildman–Crippen MR) is 76.4 cm³/mol. The Morgan fingerprint density at radius 2 is 1.90 bits per heavy atom. The van der Waals surface area contributed by atoms with Crippen molar-refractivity contribution in [2.75, 3.05) is 13.2 Å². The lowest BCUT2D eigenvalue weighted by atomic mass is 9.97. The van der Waals surface area contributed by atoms with Gasteiger partial charge in [-0.05, 0) is 25.2 Å². The fourth-order valence-corrected chi connectivity index (χ4v) is 2.55. The molecule has 0 aromatic heterocycles. The highest BCUT2D eigenvalue weighted by Gasteiger charge is 2.20. The van der Waals surface area contributed by atoms with Crippen molar-refractivity contribution in [1.29, 1.82) is 0 Å². The van der Waals surface area contributed by atoms with Gasteiger partial charge in [-0.15, -0.1) is 0 Å². The highest BCUT2D eigenvalue weighted by atomic mass is 16.5. The first-order valence-electron chi connectivity index (χ1n) is 7.60. The van der Waals surface area contributed by atoms with Gasteiger partial charge in [0.05, 0.1) is 12.0 Å². The molecule has 20 heavy (non-hydrogen) atoms. The van der Waals surface area contributed by atoms with Crippen LogP contribution in [0.15, 0.2) is 0 Å². The molecule has 1 amide bonds. The highest BCUT2D eigenvalue weighted by molar-refractivity contribution is 5.78. The van der Waals surface area contributed by atoms with Crippen LogP contribution in [-0.4, -0.2) is 36.2 Å². The zero-order chi connectivity index (χ0) is 15.0. The van der Waals surface area contributed by atoms with Gasteiger partial charge in [0.15, 0.2) is 0 Å². The molecule has 2 N–H and O–H groups in total. The third-order valence-electron chi connectivity index (χ3n) is 3.65. The molecule has 0 aliphatic heterocycles. The van der Waals surface area contributed by atoms with Crippen LogP contribution in [0.25, 0.3) is 0 Å². The van der Waals surface area contributed by atoms with Crippen LogP contribution >= 0.6 is 0 Å². The molecule has 1 aliphatic rings. The van der Waals surface area contributed by atoms with Gasteiger partial charge in [-0.1, -0.05) is 33.1 Å². The fourth-order valence-electron chi connectivity index (χ4n) is 2.55. The number of carboxylic acid groups (broad SMARTS) is 1. The maximum Gasteiger partial charge on any atom is 0.308 e. The maximum atomic E-state index is 11.7. The van der Waals surface area contributed by atoms with E-state index in [1.807, 2.05) is 13.8 Å². The Balaban J connectivity index is 2.21. The van der Waals surface area contributed by atoms with E-state index in [-0.39, 0.29) is 25.2 Å². The first kappa shape index (κ1) is 17.0. The number of hydrogen-bond donors (Lipinski definition) is 2. The van der Waals surface area contributed by atoms with Crippen LogP contribution < -0.4 is 5.32 Å². The highest BCUT2D eigenvalue weighted by Crippen LogP contribution is 2.20. The number of carbonyl (C=O) groups excluding carboxylic acids is 1. The van der Waals surface area contributed by atoms with Gasteiger partial charge in [0, 0.05) is 6.54 Å². The smallest absolute Gasteiger partial charge is 0.308 e. The van der Waals surface area contributed by atoms with E-state index in [9.17, 15) is 9.59 Å². The van der Waals surface area contributed by atoms with Gasteiger partial charge in [0.25, 0.3) is 0 Å². The number of aliphatic carboxylic acids is 1. The maximum absolute atomic E-state index is 11.7. The zero-order valence-corrected chi connectivity index (χ0v) is 12.6. The van der Waals surface area contributed by atoms with Crippen molar-refractivity contribution in [2.45, 2.75) is 58.5 Å². The van der Waals surface area contributed by atoms with Crippen LogP contribution in [-0.2, 0) is 14.3 Å². The molecular weight excluding hydrogens is 258 g/mol. The predicted octanol–water partition coefficient (Wildman–Crippen LogP) is 2.20. The van der Waals surface area contributed by atoms with Crippen molar-refractivity contribution >= 4 is 11.9 Å². The second-order valence-corrected chi connectivity index (χ2v) is 6.04. The summed E-state index contributed by atoms with van der Waals surface area (Å²) in [6.45, 7) is 4.17. The van der Waals surface area contributed by atoms with E-state index in [0.717, 1.165) is 12.8 Å². The van der Waals surface area contributed by atoms with Gasteiger partial charge >= 0.3 is 5.97 Å². The number of nitrogens with one attached hydrogen (secondary N) is 1. The number of rotatable bonds is 8. The van der Waals surface area contributed by atoms with Gasteiger partial charge < -0.3 is 15.2 Å². The van der Waals surface area contributed by atoms with E-state index < -0.39 is 11.9 Å². The molecule has 0 bridgehead atoms. The minimum Gasteiger partial charge on any atom is -0.481 e. The summed E-state index contributed by atoms with van der Waals surface area (Å²) in [5, 5.41) is 11.8. The van der Waals surface area contributed by atoms with Crippen molar-refractivity contribution in [3.8, 4) is 0 Å². The molecule has 0 spiro atoms. The van der Waals surface area contributed by atoms with E-state index >= 15 is 0 Å². The van der Waals surface area contributed by atoms with Gasteiger partial charge in [-0.25, -0.2) is 0 Å². The number of ether oxygens (including phenoxy) is 1. The molecule has 1 rings (SSSR count). The Kier molecular flexibility index (Phi) is 7.59. The topological polar surface area (TPSA) is 75.6 Å². The number of amides is 1. The van der Waals surface area contributed by atoms with Crippen molar-refractivity contribution in [1.82, 2.24) is 5.32 Å². The lowest BCUT2D eigenvalue weighted by Crippen LogP contribution is -2.36. The summed E-state index contributed by atoms with van der Waals surface area (Å²) in [5.74, 6) is -1.29. The van der Waals surface area contributed by atoms with Crippen LogP contribution in [0, 0.1) is 11.8 Å². The monoisotopic (exact) mass is 285 g/mol. The molecule has 1 atom stereocenters. The molecular formula is C15H27NO4. The average molecular weight is 285 g/mol. The molecule has 0 aromatic rings. The molecule has 0 saturated heterocycles. The van der Waals surface area contributed by atoms with Crippen molar-refractivity contribution in [3.63, 3.8) is 0 Å². The standard InChI is InChI=1S/C15H27NO4/c1-11(2)8-12(15(18)19)9-16-14(17)10-20-13-6-4-3-5-7-13/h11-13H,3-10H2,1-2H3,(H,16,17)(H,18,19)/t12-/m1/s1. The molecule has 116 valence electrons. The molecule has 0 aromatic carbocycles. The summed E-state index contributed by atoms with van der Waals surface area (Å²) in [7, 11) is 0. The minimum absolute atomic E-state index is 0.0404. The quantitative estimate of drug-likeness (QED) is 0.717. The Bertz CT molecular complexity index is 311. The van der Waals surface area contributed by atoms with Crippen LogP contribution in [0.3, 0.4) is 0 Å². The third-order valence-corrected chi connectivity index (χ3v) is 3.65. The van der Waals surface area contributed by atoms with Gasteiger partial charge in [0.2, 0.25) is 5.91 Å². The molecule has 1 fully saturated rings. The molecule has 1 saturated carbocycles. The number of carboxylic acids is 1. The van der Waals surface area contributed by atoms with Gasteiger partial charge in [-0.2, -0.15) is 0 Å².